The zero-order valence-electron chi connectivity index (χ0n) is 13.1. The molecule has 0 saturated carbocycles. The lowest BCUT2D eigenvalue weighted by atomic mass is 10.2. The molecule has 9 heteroatoms. The average molecular weight is 296 g/mol. The Balaban J connectivity index is 2.21. The molecule has 9 nitrogen and oxygen atoms in total. The fourth-order valence-corrected chi connectivity index (χ4v) is 2.16. The van der Waals surface area contributed by atoms with Crippen LogP contribution in [0.2, 0.25) is 0 Å². The molecule has 0 saturated heterocycles. The van der Waals surface area contributed by atoms with Crippen molar-refractivity contribution in [1.82, 2.24) is 20.1 Å². The lowest BCUT2D eigenvalue weighted by molar-refractivity contribution is 0.307. The highest BCUT2D eigenvalue weighted by Crippen LogP contribution is 2.31. The molecule has 0 aromatic carbocycles. The van der Waals surface area contributed by atoms with Crippen LogP contribution in [0.3, 0.4) is 0 Å². The predicted octanol–water partition coefficient (Wildman–Crippen LogP) is -0.919. The number of anilines is 2. The number of amidine groups is 1. The van der Waals surface area contributed by atoms with Gasteiger partial charge in [0.1, 0.15) is 12.0 Å². The van der Waals surface area contributed by atoms with Crippen molar-refractivity contribution in [2.24, 2.45) is 5.73 Å². The van der Waals surface area contributed by atoms with Gasteiger partial charge in [-0.1, -0.05) is 0 Å². The number of hydrogen-bond donors (Lipinski definition) is 2. The molecule has 1 aliphatic rings. The Morgan fingerprint density at radius 2 is 1.67 bits per heavy atom. The molecule has 3 N–H and O–H groups in total. The number of aromatic nitrogens is 2. The Hall–Kier alpha value is -1.71. The van der Waals surface area contributed by atoms with Crippen LogP contribution in [-0.4, -0.2) is 86.5 Å². The fraction of sp³-hybridized carbons (Fsp3) is 0.750. The van der Waals surface area contributed by atoms with Crippen molar-refractivity contribution in [3.63, 3.8) is 0 Å². The smallest absolute Gasteiger partial charge is 0.223 e. The maximum atomic E-state index is 8.30. The molecule has 1 aliphatic heterocycles. The molecule has 0 amide bonds. The van der Waals surface area contributed by atoms with E-state index in [9.17, 15) is 0 Å². The van der Waals surface area contributed by atoms with Crippen molar-refractivity contribution in [2.75, 3.05) is 64.2 Å². The van der Waals surface area contributed by atoms with Crippen LogP contribution in [-0.2, 0) is 0 Å². The standard InChI is InChI=1S/C12H24N8O/c1-17(2)5-7-19-9(13)10(14)20(8-6-18(3)4)12-11(19)15-21-16-12/h9,14H,5-8,13H2,1-4H3. The van der Waals surface area contributed by atoms with Gasteiger partial charge in [0.2, 0.25) is 11.6 Å². The van der Waals surface area contributed by atoms with Crippen molar-refractivity contribution in [3.8, 4) is 0 Å². The van der Waals surface area contributed by atoms with Gasteiger partial charge in [-0.2, -0.15) is 0 Å². The Morgan fingerprint density at radius 1 is 1.10 bits per heavy atom. The number of fused-ring (bicyclic) bond motifs is 1. The van der Waals surface area contributed by atoms with E-state index < -0.39 is 6.17 Å². The number of rotatable bonds is 6. The van der Waals surface area contributed by atoms with Crippen LogP contribution in [0.4, 0.5) is 11.6 Å². The number of nitrogens with two attached hydrogens (primary N) is 1. The third-order valence-electron chi connectivity index (χ3n) is 3.45. The summed E-state index contributed by atoms with van der Waals surface area (Å²) in [6.07, 6.45) is -0.536. The zero-order chi connectivity index (χ0) is 15.6. The maximum Gasteiger partial charge on any atom is 0.223 e. The monoisotopic (exact) mass is 296 g/mol. The molecule has 1 unspecified atom stereocenters. The van der Waals surface area contributed by atoms with Gasteiger partial charge in [0, 0.05) is 26.2 Å². The Morgan fingerprint density at radius 3 is 2.29 bits per heavy atom. The molecule has 2 heterocycles. The van der Waals surface area contributed by atoms with Crippen LogP contribution in [0.5, 0.6) is 0 Å². The summed E-state index contributed by atoms with van der Waals surface area (Å²) in [4.78, 5) is 7.73. The second-order valence-corrected chi connectivity index (χ2v) is 5.69. The van der Waals surface area contributed by atoms with Crippen LogP contribution in [0.1, 0.15) is 0 Å². The van der Waals surface area contributed by atoms with Gasteiger partial charge in [-0.15, -0.1) is 0 Å². The second kappa shape index (κ2) is 6.37. The first-order valence-electron chi connectivity index (χ1n) is 6.92. The Labute approximate surface area is 124 Å². The highest BCUT2D eigenvalue weighted by molar-refractivity contribution is 6.04. The van der Waals surface area contributed by atoms with Crippen molar-refractivity contribution >= 4 is 17.5 Å². The predicted molar refractivity (Wildman–Crippen MR) is 81.8 cm³/mol. The molecule has 21 heavy (non-hydrogen) atoms. The maximum absolute atomic E-state index is 8.30. The molecule has 1 aromatic heterocycles. The van der Waals surface area contributed by atoms with Crippen molar-refractivity contribution in [3.05, 3.63) is 0 Å². The molecule has 0 aliphatic carbocycles. The molecule has 0 bridgehead atoms. The quantitative estimate of drug-likeness (QED) is 0.695. The topological polar surface area (TPSA) is 102 Å². The van der Waals surface area contributed by atoms with E-state index in [1.807, 2.05) is 38.0 Å². The SMILES string of the molecule is CN(C)CCN1C(=N)C(N)N(CCN(C)C)c2nonc21. The molecule has 1 aromatic rings. The Kier molecular flexibility index (Phi) is 4.76. The lowest BCUT2D eigenvalue weighted by Gasteiger charge is -2.39. The first kappa shape index (κ1) is 15.7. The van der Waals surface area contributed by atoms with E-state index in [1.54, 1.807) is 4.90 Å². The summed E-state index contributed by atoms with van der Waals surface area (Å²) in [6, 6.07) is 0. The number of hydrogen-bond acceptors (Lipinski definition) is 8. The summed E-state index contributed by atoms with van der Waals surface area (Å²) in [5.74, 6) is 1.50. The molecule has 0 fully saturated rings. The molecule has 0 radical (unpaired) electrons. The number of likely N-dealkylation sites (N-methyl/N-ethyl adjacent to an activating group) is 2. The van der Waals surface area contributed by atoms with Crippen LogP contribution in [0, 0.1) is 5.41 Å². The second-order valence-electron chi connectivity index (χ2n) is 5.69. The highest BCUT2D eigenvalue weighted by Gasteiger charge is 2.37. The van der Waals surface area contributed by atoms with Gasteiger partial charge in [-0.25, -0.2) is 4.63 Å². The van der Waals surface area contributed by atoms with Gasteiger partial charge >= 0.3 is 0 Å². The van der Waals surface area contributed by atoms with Crippen molar-refractivity contribution < 1.29 is 4.63 Å². The highest BCUT2D eigenvalue weighted by atomic mass is 16.6. The fourth-order valence-electron chi connectivity index (χ4n) is 2.16. The van der Waals surface area contributed by atoms with Crippen molar-refractivity contribution in [2.45, 2.75) is 6.17 Å². The van der Waals surface area contributed by atoms with Gasteiger partial charge in [0.25, 0.3) is 0 Å². The van der Waals surface area contributed by atoms with Gasteiger partial charge < -0.3 is 25.3 Å². The lowest BCUT2D eigenvalue weighted by Crippen LogP contribution is -2.59. The third kappa shape index (κ3) is 3.31. The summed E-state index contributed by atoms with van der Waals surface area (Å²) in [5.41, 5.74) is 6.20. The van der Waals surface area contributed by atoms with E-state index in [1.165, 1.54) is 0 Å². The molecule has 118 valence electrons. The van der Waals surface area contributed by atoms with Gasteiger partial charge in [-0.3, -0.25) is 5.41 Å². The molecule has 1 atom stereocenters. The van der Waals surface area contributed by atoms with Gasteiger partial charge in [0.05, 0.1) is 0 Å². The van der Waals surface area contributed by atoms with Gasteiger partial charge in [0.15, 0.2) is 0 Å². The number of nitrogens with zero attached hydrogens (tertiary/aromatic N) is 6. The minimum Gasteiger partial charge on any atom is -0.327 e. The molecule has 2 rings (SSSR count). The largest absolute Gasteiger partial charge is 0.327 e. The van der Waals surface area contributed by atoms with Crippen LogP contribution in [0.25, 0.3) is 0 Å². The van der Waals surface area contributed by atoms with Crippen LogP contribution in [0.15, 0.2) is 4.63 Å². The summed E-state index contributed by atoms with van der Waals surface area (Å²) in [6.45, 7) is 2.89. The van der Waals surface area contributed by atoms with E-state index in [0.29, 0.717) is 30.6 Å². The van der Waals surface area contributed by atoms with Gasteiger partial charge in [-0.05, 0) is 38.5 Å². The van der Waals surface area contributed by atoms with Crippen molar-refractivity contribution in [1.29, 1.82) is 5.41 Å². The summed E-state index contributed by atoms with van der Waals surface area (Å²) in [7, 11) is 7.95. The minimum absolute atomic E-state index is 0.318. The molecule has 0 spiro atoms. The summed E-state index contributed by atoms with van der Waals surface area (Å²) < 4.78 is 4.88. The Bertz CT molecular complexity index is 485. The van der Waals surface area contributed by atoms with E-state index >= 15 is 0 Å². The first-order chi connectivity index (χ1) is 9.91. The third-order valence-corrected chi connectivity index (χ3v) is 3.45. The molecular weight excluding hydrogens is 272 g/mol. The van der Waals surface area contributed by atoms with E-state index in [2.05, 4.69) is 15.2 Å². The van der Waals surface area contributed by atoms with Crippen LogP contribution >= 0.6 is 0 Å². The zero-order valence-corrected chi connectivity index (χ0v) is 13.1. The van der Waals surface area contributed by atoms with Crippen LogP contribution < -0.4 is 15.5 Å². The molecular formula is C12H24N8O. The van der Waals surface area contributed by atoms with E-state index in [4.69, 9.17) is 15.8 Å². The van der Waals surface area contributed by atoms with E-state index in [0.717, 1.165) is 13.1 Å². The van der Waals surface area contributed by atoms with E-state index in [-0.39, 0.29) is 0 Å². The minimum atomic E-state index is -0.536. The average Bonchev–Trinajstić information content (AvgIpc) is 2.87. The first-order valence-corrected chi connectivity index (χ1v) is 6.92. The number of nitrogens with one attached hydrogen (secondary N) is 1. The summed E-state index contributed by atoms with van der Waals surface area (Å²) >= 11 is 0. The normalized spacial score (nSPS) is 18.8. The summed E-state index contributed by atoms with van der Waals surface area (Å²) in [5, 5.41) is 16.2.